The van der Waals surface area contributed by atoms with E-state index in [0.717, 1.165) is 0 Å². The van der Waals surface area contributed by atoms with Crippen molar-refractivity contribution in [3.8, 4) is 23.0 Å². The molecule has 1 N–H and O–H groups in total. The summed E-state index contributed by atoms with van der Waals surface area (Å²) in [6.45, 7) is 4.57. The standard InChI is InChI=1S/C25H24BrClN2O7S/c1-4-34-21-11-6-17(14-22(21)35-5-2)25(30)29-28-15-16-12-20(26)24(23(13-16)33-3)36-37(31,32)19-9-7-18(27)8-10-19/h6-15H,4-5H2,1-3H3,(H,29,30)/b28-15+. The molecule has 1 amide bonds. The van der Waals surface area contributed by atoms with Crippen LogP contribution >= 0.6 is 27.5 Å². The van der Waals surface area contributed by atoms with Crippen LogP contribution in [0.2, 0.25) is 5.02 Å². The third-order valence-electron chi connectivity index (χ3n) is 4.73. The van der Waals surface area contributed by atoms with Gasteiger partial charge in [0.2, 0.25) is 0 Å². The number of hydrazone groups is 1. The fourth-order valence-corrected chi connectivity index (χ4v) is 4.81. The van der Waals surface area contributed by atoms with E-state index in [0.29, 0.717) is 45.3 Å². The van der Waals surface area contributed by atoms with E-state index in [-0.39, 0.29) is 16.4 Å². The highest BCUT2D eigenvalue weighted by Gasteiger charge is 2.22. The molecule has 12 heteroatoms. The van der Waals surface area contributed by atoms with E-state index < -0.39 is 16.0 Å². The van der Waals surface area contributed by atoms with Crippen molar-refractivity contribution in [3.05, 3.63) is 75.2 Å². The molecular weight excluding hydrogens is 588 g/mol. The summed E-state index contributed by atoms with van der Waals surface area (Å²) in [6, 6.07) is 13.5. The monoisotopic (exact) mass is 610 g/mol. The Hall–Kier alpha value is -3.28. The predicted molar refractivity (Wildman–Crippen MR) is 144 cm³/mol. The Morgan fingerprint density at radius 1 is 1.00 bits per heavy atom. The van der Waals surface area contributed by atoms with E-state index in [9.17, 15) is 13.2 Å². The number of nitrogens with zero attached hydrogens (tertiary/aromatic N) is 1. The lowest BCUT2D eigenvalue weighted by atomic mass is 10.2. The summed E-state index contributed by atoms with van der Waals surface area (Å²) in [4.78, 5) is 12.5. The SMILES string of the molecule is CCOc1ccc(C(=O)N/N=C/c2cc(Br)c(OS(=O)(=O)c3ccc(Cl)cc3)c(OC)c2)cc1OCC. The van der Waals surface area contributed by atoms with Gasteiger partial charge in [0.1, 0.15) is 4.90 Å². The lowest BCUT2D eigenvalue weighted by molar-refractivity contribution is 0.0954. The molecule has 0 fully saturated rings. The zero-order valence-corrected chi connectivity index (χ0v) is 23.3. The topological polar surface area (TPSA) is 113 Å². The van der Waals surface area contributed by atoms with Gasteiger partial charge in [-0.05, 0) is 89.9 Å². The molecule has 0 aromatic heterocycles. The van der Waals surface area contributed by atoms with Gasteiger partial charge in [-0.2, -0.15) is 13.5 Å². The van der Waals surface area contributed by atoms with Crippen LogP contribution < -0.4 is 23.8 Å². The molecule has 0 atom stereocenters. The molecule has 0 spiro atoms. The van der Waals surface area contributed by atoms with E-state index in [1.165, 1.54) is 43.7 Å². The van der Waals surface area contributed by atoms with Gasteiger partial charge in [-0.25, -0.2) is 5.43 Å². The van der Waals surface area contributed by atoms with Crippen molar-refractivity contribution >= 4 is 49.8 Å². The number of benzene rings is 3. The third kappa shape index (κ3) is 7.37. The number of nitrogens with one attached hydrogen (secondary N) is 1. The molecule has 3 rings (SSSR count). The summed E-state index contributed by atoms with van der Waals surface area (Å²) in [5.41, 5.74) is 3.28. The summed E-state index contributed by atoms with van der Waals surface area (Å²) < 4.78 is 47.4. The Morgan fingerprint density at radius 2 is 1.68 bits per heavy atom. The average molecular weight is 612 g/mol. The number of ether oxygens (including phenoxy) is 3. The largest absolute Gasteiger partial charge is 0.493 e. The summed E-state index contributed by atoms with van der Waals surface area (Å²) in [5.74, 6) is 0.629. The van der Waals surface area contributed by atoms with Gasteiger partial charge in [0.05, 0.1) is 31.0 Å². The van der Waals surface area contributed by atoms with Crippen molar-refractivity contribution in [2.24, 2.45) is 5.10 Å². The fraction of sp³-hybridized carbons (Fsp3) is 0.200. The second-order valence-corrected chi connectivity index (χ2v) is 10.1. The van der Waals surface area contributed by atoms with Crippen LogP contribution in [-0.2, 0) is 10.1 Å². The van der Waals surface area contributed by atoms with Crippen molar-refractivity contribution in [3.63, 3.8) is 0 Å². The molecule has 9 nitrogen and oxygen atoms in total. The van der Waals surface area contributed by atoms with Crippen LogP contribution in [0.1, 0.15) is 29.8 Å². The average Bonchev–Trinajstić information content (AvgIpc) is 2.87. The molecule has 0 heterocycles. The molecule has 0 saturated carbocycles. The highest BCUT2D eigenvalue weighted by Crippen LogP contribution is 2.38. The van der Waals surface area contributed by atoms with E-state index >= 15 is 0 Å². The number of hydrogen-bond acceptors (Lipinski definition) is 8. The molecule has 0 aliphatic carbocycles. The Labute approximate surface area is 228 Å². The number of methoxy groups -OCH3 is 1. The first kappa shape index (κ1) is 28.3. The predicted octanol–water partition coefficient (Wildman–Crippen LogP) is 5.44. The minimum atomic E-state index is -4.15. The summed E-state index contributed by atoms with van der Waals surface area (Å²) >= 11 is 9.14. The fourth-order valence-electron chi connectivity index (χ4n) is 3.08. The lowest BCUT2D eigenvalue weighted by Gasteiger charge is -2.13. The van der Waals surface area contributed by atoms with Crippen LogP contribution in [-0.4, -0.2) is 40.9 Å². The summed E-state index contributed by atoms with van der Waals surface area (Å²) in [5, 5.41) is 4.38. The van der Waals surface area contributed by atoms with Gasteiger partial charge in [0, 0.05) is 10.6 Å². The molecule has 0 bridgehead atoms. The molecular formula is C25H24BrClN2O7S. The maximum atomic E-state index is 12.7. The van der Waals surface area contributed by atoms with E-state index in [1.807, 2.05) is 13.8 Å². The van der Waals surface area contributed by atoms with Crippen LogP contribution in [0, 0.1) is 0 Å². The van der Waals surface area contributed by atoms with Crippen molar-refractivity contribution < 1.29 is 31.6 Å². The molecule has 0 unspecified atom stereocenters. The van der Waals surface area contributed by atoms with Crippen molar-refractivity contribution in [1.82, 2.24) is 5.43 Å². The molecule has 3 aromatic rings. The van der Waals surface area contributed by atoms with Gasteiger partial charge >= 0.3 is 10.1 Å². The maximum absolute atomic E-state index is 12.7. The second-order valence-electron chi connectivity index (χ2n) is 7.25. The minimum Gasteiger partial charge on any atom is -0.493 e. The zero-order chi connectivity index (χ0) is 27.0. The number of hydrogen-bond donors (Lipinski definition) is 1. The van der Waals surface area contributed by atoms with Crippen LogP contribution in [0.25, 0.3) is 0 Å². The summed E-state index contributed by atoms with van der Waals surface area (Å²) in [6.07, 6.45) is 1.38. The van der Waals surface area contributed by atoms with Gasteiger partial charge in [-0.1, -0.05) is 11.6 Å². The zero-order valence-electron chi connectivity index (χ0n) is 20.2. The summed E-state index contributed by atoms with van der Waals surface area (Å²) in [7, 11) is -2.78. The third-order valence-corrected chi connectivity index (χ3v) is 6.81. The van der Waals surface area contributed by atoms with Crippen molar-refractivity contribution in [1.29, 1.82) is 0 Å². The highest BCUT2D eigenvalue weighted by atomic mass is 79.9. The second kappa shape index (κ2) is 12.8. The first-order valence-electron chi connectivity index (χ1n) is 11.0. The smallest absolute Gasteiger partial charge is 0.339 e. The lowest BCUT2D eigenvalue weighted by Crippen LogP contribution is -2.17. The number of rotatable bonds is 11. The van der Waals surface area contributed by atoms with Gasteiger partial charge in [-0.3, -0.25) is 4.79 Å². The van der Waals surface area contributed by atoms with Gasteiger partial charge in [0.25, 0.3) is 5.91 Å². The molecule has 0 saturated heterocycles. The number of amides is 1. The highest BCUT2D eigenvalue weighted by molar-refractivity contribution is 9.10. The Bertz CT molecular complexity index is 1400. The van der Waals surface area contributed by atoms with Crippen LogP contribution in [0.5, 0.6) is 23.0 Å². The molecule has 37 heavy (non-hydrogen) atoms. The van der Waals surface area contributed by atoms with Gasteiger partial charge in [-0.15, -0.1) is 0 Å². The first-order valence-corrected chi connectivity index (χ1v) is 13.6. The van der Waals surface area contributed by atoms with E-state index in [4.69, 9.17) is 30.0 Å². The van der Waals surface area contributed by atoms with Crippen LogP contribution in [0.3, 0.4) is 0 Å². The number of carbonyl (C=O) groups is 1. The van der Waals surface area contributed by atoms with Gasteiger partial charge in [0.15, 0.2) is 23.0 Å². The minimum absolute atomic E-state index is 0.0449. The van der Waals surface area contributed by atoms with E-state index in [2.05, 4.69) is 26.5 Å². The Balaban J connectivity index is 1.76. The van der Waals surface area contributed by atoms with Crippen molar-refractivity contribution in [2.45, 2.75) is 18.7 Å². The number of halogens is 2. The van der Waals surface area contributed by atoms with Gasteiger partial charge < -0.3 is 18.4 Å². The first-order chi connectivity index (χ1) is 17.7. The molecule has 0 aliphatic heterocycles. The van der Waals surface area contributed by atoms with Crippen LogP contribution in [0.4, 0.5) is 0 Å². The Morgan fingerprint density at radius 3 is 2.32 bits per heavy atom. The quantitative estimate of drug-likeness (QED) is 0.175. The molecule has 0 radical (unpaired) electrons. The molecule has 0 aliphatic rings. The van der Waals surface area contributed by atoms with Crippen LogP contribution in [0.15, 0.2) is 69.1 Å². The Kier molecular flexibility index (Phi) is 9.79. The van der Waals surface area contributed by atoms with E-state index in [1.54, 1.807) is 24.3 Å². The van der Waals surface area contributed by atoms with Crippen molar-refractivity contribution in [2.75, 3.05) is 20.3 Å². The molecule has 3 aromatic carbocycles. The molecule has 196 valence electrons. The number of carbonyl (C=O) groups excluding carboxylic acids is 1. The normalized spacial score (nSPS) is 11.3. The maximum Gasteiger partial charge on any atom is 0.339 e.